The number of hydrogen-bond donors (Lipinski definition) is 1. The predicted molar refractivity (Wildman–Crippen MR) is 62.2 cm³/mol. The molecule has 0 saturated heterocycles. The van der Waals surface area contributed by atoms with Gasteiger partial charge in [-0.25, -0.2) is 0 Å². The van der Waals surface area contributed by atoms with Gasteiger partial charge in [0, 0.05) is 12.4 Å². The van der Waals surface area contributed by atoms with Crippen LogP contribution in [-0.2, 0) is 4.79 Å². The van der Waals surface area contributed by atoms with Crippen molar-refractivity contribution in [3.63, 3.8) is 0 Å². The Bertz CT molecular complexity index is 421. The molecule has 5 nitrogen and oxygen atoms in total. The van der Waals surface area contributed by atoms with Gasteiger partial charge in [-0.1, -0.05) is 12.1 Å². The monoisotopic (exact) mass is 251 g/mol. The maximum Gasteiger partial charge on any atom is 0.181 e. The lowest BCUT2D eigenvalue weighted by Gasteiger charge is -2.26. The van der Waals surface area contributed by atoms with E-state index in [1.807, 2.05) is 36.5 Å². The van der Waals surface area contributed by atoms with Gasteiger partial charge in [0.25, 0.3) is 0 Å². The number of hydrogen-bond acceptors (Lipinski definition) is 4. The van der Waals surface area contributed by atoms with E-state index in [2.05, 4.69) is 0 Å². The molecule has 2 rings (SSSR count). The molecule has 0 aliphatic carbocycles. The fourth-order valence-corrected chi connectivity index (χ4v) is 1.91. The van der Waals surface area contributed by atoms with Crippen molar-refractivity contribution in [2.24, 2.45) is 0 Å². The third-order valence-electron chi connectivity index (χ3n) is 2.86. The molecule has 1 heterocycles. The van der Waals surface area contributed by atoms with Gasteiger partial charge in [-0.2, -0.15) is 0 Å². The number of quaternary nitrogens is 1. The molecule has 98 valence electrons. The van der Waals surface area contributed by atoms with E-state index < -0.39 is 5.97 Å². The van der Waals surface area contributed by atoms with Crippen molar-refractivity contribution in [3.05, 3.63) is 24.3 Å². The fraction of sp³-hybridized carbons (Fsp3) is 0.462. The van der Waals surface area contributed by atoms with E-state index >= 15 is 0 Å². The second-order valence-corrected chi connectivity index (χ2v) is 4.52. The normalized spacial score (nSPS) is 19.3. The van der Waals surface area contributed by atoms with Gasteiger partial charge in [0.2, 0.25) is 0 Å². The maximum atomic E-state index is 10.4. The Kier molecular flexibility index (Phi) is 4.04. The quantitative estimate of drug-likeness (QED) is 0.722. The average molecular weight is 251 g/mol. The van der Waals surface area contributed by atoms with Crippen LogP contribution in [0.5, 0.6) is 11.5 Å². The summed E-state index contributed by atoms with van der Waals surface area (Å²) < 4.78 is 11.3. The van der Waals surface area contributed by atoms with Crippen molar-refractivity contribution in [2.45, 2.75) is 25.5 Å². The van der Waals surface area contributed by atoms with Crippen molar-refractivity contribution in [2.75, 3.05) is 13.2 Å². The Hall–Kier alpha value is -1.75. The smallest absolute Gasteiger partial charge is 0.181 e. The first-order chi connectivity index (χ1) is 8.65. The summed E-state index contributed by atoms with van der Waals surface area (Å²) in [5.41, 5.74) is 0. The Morgan fingerprint density at radius 3 is 2.94 bits per heavy atom. The van der Waals surface area contributed by atoms with Gasteiger partial charge < -0.3 is 24.7 Å². The van der Waals surface area contributed by atoms with Crippen LogP contribution in [0.4, 0.5) is 0 Å². The molecule has 1 aromatic rings. The van der Waals surface area contributed by atoms with Gasteiger partial charge in [-0.3, -0.25) is 0 Å². The molecule has 0 saturated carbocycles. The minimum absolute atomic E-state index is 0.0178. The molecule has 0 radical (unpaired) electrons. The van der Waals surface area contributed by atoms with E-state index in [0.29, 0.717) is 13.2 Å². The second-order valence-electron chi connectivity index (χ2n) is 4.52. The highest BCUT2D eigenvalue weighted by Gasteiger charge is 2.22. The van der Waals surface area contributed by atoms with Crippen molar-refractivity contribution in [3.8, 4) is 11.5 Å². The molecule has 0 unspecified atom stereocenters. The zero-order chi connectivity index (χ0) is 13.0. The summed E-state index contributed by atoms with van der Waals surface area (Å²) in [7, 11) is 0. The molecule has 0 amide bonds. The first kappa shape index (κ1) is 12.7. The average Bonchev–Trinajstić information content (AvgIpc) is 2.35. The van der Waals surface area contributed by atoms with Gasteiger partial charge in [0.15, 0.2) is 17.6 Å². The molecule has 2 N–H and O–H groups in total. The first-order valence-electron chi connectivity index (χ1n) is 6.07. The molecule has 18 heavy (non-hydrogen) atoms. The van der Waals surface area contributed by atoms with Crippen molar-refractivity contribution in [1.82, 2.24) is 0 Å². The number of carboxylic acid groups (broad SMARTS) is 1. The molecule has 1 aromatic carbocycles. The molecule has 1 aliphatic heterocycles. The maximum absolute atomic E-state index is 10.4. The van der Waals surface area contributed by atoms with Crippen molar-refractivity contribution in [1.29, 1.82) is 0 Å². The first-order valence-corrected chi connectivity index (χ1v) is 6.07. The van der Waals surface area contributed by atoms with Crippen LogP contribution >= 0.6 is 0 Å². The topological polar surface area (TPSA) is 75.2 Å². The molecule has 0 bridgehead atoms. The lowest BCUT2D eigenvalue weighted by molar-refractivity contribution is -0.690. The van der Waals surface area contributed by atoms with Crippen LogP contribution in [0.3, 0.4) is 0 Å². The predicted octanol–water partition coefficient (Wildman–Crippen LogP) is -1.08. The summed E-state index contributed by atoms with van der Waals surface area (Å²) in [6.07, 6.45) is -0.00596. The van der Waals surface area contributed by atoms with Crippen molar-refractivity contribution < 1.29 is 24.7 Å². The summed E-state index contributed by atoms with van der Waals surface area (Å²) in [5, 5.41) is 12.4. The Morgan fingerprint density at radius 2 is 2.22 bits per heavy atom. The van der Waals surface area contributed by atoms with Crippen LogP contribution in [0.1, 0.15) is 13.3 Å². The molecule has 5 heteroatoms. The summed E-state index contributed by atoms with van der Waals surface area (Å²) in [5.74, 6) is 0.483. The third-order valence-corrected chi connectivity index (χ3v) is 2.86. The highest BCUT2D eigenvalue weighted by atomic mass is 16.6. The van der Waals surface area contributed by atoms with Crippen LogP contribution in [0.2, 0.25) is 0 Å². The molecular weight excluding hydrogens is 234 g/mol. The Morgan fingerprint density at radius 1 is 1.50 bits per heavy atom. The van der Waals surface area contributed by atoms with Gasteiger partial charge >= 0.3 is 0 Å². The number of para-hydroxylation sites is 2. The van der Waals surface area contributed by atoms with Crippen LogP contribution < -0.4 is 19.9 Å². The number of fused-ring (bicyclic) bond motifs is 1. The lowest BCUT2D eigenvalue weighted by Crippen LogP contribution is -2.92. The number of carbonyl (C=O) groups is 1. The zero-order valence-corrected chi connectivity index (χ0v) is 10.3. The van der Waals surface area contributed by atoms with E-state index in [1.54, 1.807) is 0 Å². The number of nitrogens with two attached hydrogens (primary N) is 1. The number of aliphatic carboxylic acids is 1. The summed E-state index contributed by atoms with van der Waals surface area (Å²) in [4.78, 5) is 10.4. The Balaban J connectivity index is 1.81. The second kappa shape index (κ2) is 5.73. The van der Waals surface area contributed by atoms with Crippen molar-refractivity contribution >= 4 is 5.97 Å². The summed E-state index contributed by atoms with van der Waals surface area (Å²) in [6, 6.07) is 7.51. The number of rotatable bonds is 5. The van der Waals surface area contributed by atoms with E-state index in [0.717, 1.165) is 11.5 Å². The van der Waals surface area contributed by atoms with Crippen LogP contribution in [-0.4, -0.2) is 31.3 Å². The molecule has 0 spiro atoms. The van der Waals surface area contributed by atoms with E-state index in [1.165, 1.54) is 0 Å². The SMILES string of the molecule is C[C@@H](CC(=O)[O-])[NH2+]C[C@H]1COc2ccccc2O1. The van der Waals surface area contributed by atoms with Gasteiger partial charge in [0.1, 0.15) is 13.2 Å². The molecule has 1 aliphatic rings. The standard InChI is InChI=1S/C13H17NO4/c1-9(6-13(15)16)14-7-10-8-17-11-4-2-3-5-12(11)18-10/h2-5,9-10,14H,6-8H2,1H3,(H,15,16)/t9-,10-/m0/s1. The molecule has 2 atom stereocenters. The Labute approximate surface area is 106 Å². The summed E-state index contributed by atoms with van der Waals surface area (Å²) in [6.45, 7) is 3.02. The molecule has 0 fully saturated rings. The minimum atomic E-state index is -1.02. The summed E-state index contributed by atoms with van der Waals surface area (Å²) >= 11 is 0. The number of benzene rings is 1. The lowest BCUT2D eigenvalue weighted by atomic mass is 10.2. The van der Waals surface area contributed by atoms with Gasteiger partial charge in [0.05, 0.1) is 6.04 Å². The van der Waals surface area contributed by atoms with Crippen LogP contribution in [0, 0.1) is 0 Å². The molecule has 0 aromatic heterocycles. The number of carbonyl (C=O) groups excluding carboxylic acids is 1. The van der Waals surface area contributed by atoms with Gasteiger partial charge in [-0.05, 0) is 19.1 Å². The minimum Gasteiger partial charge on any atom is -0.550 e. The number of ether oxygens (including phenoxy) is 2. The van der Waals surface area contributed by atoms with E-state index in [9.17, 15) is 9.90 Å². The fourth-order valence-electron chi connectivity index (χ4n) is 1.91. The van der Waals surface area contributed by atoms with Crippen LogP contribution in [0.25, 0.3) is 0 Å². The third kappa shape index (κ3) is 3.37. The number of carboxylic acids is 1. The molecular formula is C13H17NO4. The van der Waals surface area contributed by atoms with Gasteiger partial charge in [-0.15, -0.1) is 0 Å². The zero-order valence-electron chi connectivity index (χ0n) is 10.3. The highest BCUT2D eigenvalue weighted by molar-refractivity contribution is 5.64. The van der Waals surface area contributed by atoms with E-state index in [-0.39, 0.29) is 18.6 Å². The van der Waals surface area contributed by atoms with Crippen LogP contribution in [0.15, 0.2) is 24.3 Å². The largest absolute Gasteiger partial charge is 0.550 e. The van der Waals surface area contributed by atoms with E-state index in [4.69, 9.17) is 9.47 Å². The highest BCUT2D eigenvalue weighted by Crippen LogP contribution is 2.30.